The Balaban J connectivity index is 1.63. The Morgan fingerprint density at radius 2 is 2.00 bits per heavy atom. The molecule has 1 saturated heterocycles. The highest BCUT2D eigenvalue weighted by Gasteiger charge is 2.33. The van der Waals surface area contributed by atoms with Crippen LogP contribution in [0.5, 0.6) is 11.5 Å². The van der Waals surface area contributed by atoms with Gasteiger partial charge in [0, 0.05) is 0 Å². The van der Waals surface area contributed by atoms with E-state index in [9.17, 15) is 4.79 Å². The summed E-state index contributed by atoms with van der Waals surface area (Å²) >= 11 is 15.5. The van der Waals surface area contributed by atoms with Gasteiger partial charge in [0.2, 0.25) is 5.91 Å². The second-order valence-electron chi connectivity index (χ2n) is 6.87. The normalized spacial score (nSPS) is 15.3. The van der Waals surface area contributed by atoms with Gasteiger partial charge in [-0.1, -0.05) is 29.3 Å². The topological polar surface area (TPSA) is 78.4 Å². The minimum atomic E-state index is -0.904. The van der Waals surface area contributed by atoms with E-state index < -0.39 is 5.79 Å². The molecule has 0 bridgehead atoms. The summed E-state index contributed by atoms with van der Waals surface area (Å²) in [6, 6.07) is 8.84. The first-order valence-corrected chi connectivity index (χ1v) is 10.9. The van der Waals surface area contributed by atoms with Crippen LogP contribution in [-0.4, -0.2) is 38.2 Å². The number of benzene rings is 2. The Morgan fingerprint density at radius 3 is 2.68 bits per heavy atom. The van der Waals surface area contributed by atoms with Crippen molar-refractivity contribution < 1.29 is 23.7 Å². The predicted octanol–water partition coefficient (Wildman–Crippen LogP) is 4.95. The Morgan fingerprint density at radius 1 is 1.26 bits per heavy atom. The maximum absolute atomic E-state index is 12.0. The first-order chi connectivity index (χ1) is 14.8. The number of hydrogen-bond acceptors (Lipinski definition) is 6. The fraction of sp³-hybridized carbons (Fsp3) is 0.333. The van der Waals surface area contributed by atoms with Gasteiger partial charge in [-0.25, -0.2) is 5.43 Å². The molecule has 0 aromatic heterocycles. The fourth-order valence-electron chi connectivity index (χ4n) is 2.91. The van der Waals surface area contributed by atoms with Crippen LogP contribution in [0.15, 0.2) is 39.9 Å². The second-order valence-corrected chi connectivity index (χ2v) is 8.54. The average Bonchev–Trinajstić information content (AvgIpc) is 3.15. The smallest absolute Gasteiger partial charge is 0.245 e. The summed E-state index contributed by atoms with van der Waals surface area (Å²) in [4.78, 5) is 12.0. The number of hydrogen-bond donors (Lipinski definition) is 1. The van der Waals surface area contributed by atoms with Crippen molar-refractivity contribution >= 4 is 51.3 Å². The molecule has 1 fully saturated rings. The van der Waals surface area contributed by atoms with E-state index in [4.69, 9.17) is 42.1 Å². The SMILES string of the molecule is COc1cc(/C=N\NC(=O)CC2(C)OCCO2)cc(Br)c1OCc1ccc(Cl)c(Cl)c1. The minimum Gasteiger partial charge on any atom is -0.493 e. The summed E-state index contributed by atoms with van der Waals surface area (Å²) in [5, 5.41) is 4.94. The van der Waals surface area contributed by atoms with Crippen molar-refractivity contribution in [3.05, 3.63) is 56.0 Å². The zero-order valence-electron chi connectivity index (χ0n) is 16.9. The van der Waals surface area contributed by atoms with Crippen LogP contribution in [0.3, 0.4) is 0 Å². The van der Waals surface area contributed by atoms with E-state index in [-0.39, 0.29) is 18.9 Å². The monoisotopic (exact) mass is 530 g/mol. The number of amides is 1. The fourth-order valence-corrected chi connectivity index (χ4v) is 3.80. The maximum atomic E-state index is 12.0. The van der Waals surface area contributed by atoms with E-state index in [0.717, 1.165) is 5.56 Å². The van der Waals surface area contributed by atoms with Gasteiger partial charge in [-0.05, 0) is 58.2 Å². The van der Waals surface area contributed by atoms with Crippen LogP contribution in [0.2, 0.25) is 10.0 Å². The summed E-state index contributed by atoms with van der Waals surface area (Å²) in [6.07, 6.45) is 1.56. The lowest BCUT2D eigenvalue weighted by Gasteiger charge is -2.20. The van der Waals surface area contributed by atoms with Gasteiger partial charge in [0.05, 0.1) is 47.5 Å². The molecule has 1 amide bonds. The van der Waals surface area contributed by atoms with Gasteiger partial charge in [0.15, 0.2) is 17.3 Å². The summed E-state index contributed by atoms with van der Waals surface area (Å²) in [5.74, 6) is -0.187. The lowest BCUT2D eigenvalue weighted by Crippen LogP contribution is -2.33. The minimum absolute atomic E-state index is 0.0544. The highest BCUT2D eigenvalue weighted by atomic mass is 79.9. The standard InChI is InChI=1S/C21H21BrCl2N2O5/c1-21(30-5-6-31-21)10-19(27)26-25-11-14-7-15(22)20(18(9-14)28-2)29-12-13-3-4-16(23)17(24)8-13/h3-4,7-9,11H,5-6,10,12H2,1-2H3,(H,26,27)/b25-11-. The second kappa shape index (κ2) is 10.7. The molecule has 0 atom stereocenters. The number of carbonyl (C=O) groups is 1. The lowest BCUT2D eigenvalue weighted by atomic mass is 10.2. The largest absolute Gasteiger partial charge is 0.493 e. The number of nitrogens with one attached hydrogen (secondary N) is 1. The molecule has 2 aromatic rings. The lowest BCUT2D eigenvalue weighted by molar-refractivity contribution is -0.159. The zero-order chi connectivity index (χ0) is 22.4. The van der Waals surface area contributed by atoms with Crippen molar-refractivity contribution in [2.75, 3.05) is 20.3 Å². The van der Waals surface area contributed by atoms with E-state index in [1.807, 2.05) is 6.07 Å². The number of hydrazone groups is 1. The Labute approximate surface area is 198 Å². The third-order valence-electron chi connectivity index (χ3n) is 4.40. The van der Waals surface area contributed by atoms with E-state index in [1.165, 1.54) is 6.21 Å². The third kappa shape index (κ3) is 6.57. The van der Waals surface area contributed by atoms with Crippen molar-refractivity contribution in [1.29, 1.82) is 0 Å². The Kier molecular flexibility index (Phi) is 8.18. The molecular weight excluding hydrogens is 511 g/mol. The molecule has 7 nitrogen and oxygen atoms in total. The van der Waals surface area contributed by atoms with Gasteiger partial charge in [0.25, 0.3) is 0 Å². The number of halogens is 3. The van der Waals surface area contributed by atoms with Gasteiger partial charge in [0.1, 0.15) is 6.61 Å². The first-order valence-electron chi connectivity index (χ1n) is 9.34. The molecule has 1 aliphatic rings. The van der Waals surface area contributed by atoms with E-state index >= 15 is 0 Å². The summed E-state index contributed by atoms with van der Waals surface area (Å²) in [7, 11) is 1.54. The van der Waals surface area contributed by atoms with Crippen LogP contribution in [0.1, 0.15) is 24.5 Å². The Bertz CT molecular complexity index is 980. The summed E-state index contributed by atoms with van der Waals surface area (Å²) in [5.41, 5.74) is 4.03. The molecular formula is C21H21BrCl2N2O5. The van der Waals surface area contributed by atoms with Crippen LogP contribution in [0, 0.1) is 0 Å². The predicted molar refractivity (Wildman–Crippen MR) is 122 cm³/mol. The van der Waals surface area contributed by atoms with Crippen molar-refractivity contribution in [2.45, 2.75) is 25.7 Å². The van der Waals surface area contributed by atoms with Crippen LogP contribution in [0.25, 0.3) is 0 Å². The molecule has 166 valence electrons. The van der Waals surface area contributed by atoms with Crippen molar-refractivity contribution in [2.24, 2.45) is 5.10 Å². The average molecular weight is 532 g/mol. The molecule has 1 heterocycles. The molecule has 0 aliphatic carbocycles. The molecule has 0 saturated carbocycles. The van der Waals surface area contributed by atoms with Crippen molar-refractivity contribution in [3.8, 4) is 11.5 Å². The third-order valence-corrected chi connectivity index (χ3v) is 5.73. The van der Waals surface area contributed by atoms with Crippen molar-refractivity contribution in [1.82, 2.24) is 5.43 Å². The van der Waals surface area contributed by atoms with Crippen LogP contribution in [0.4, 0.5) is 0 Å². The van der Waals surface area contributed by atoms with Gasteiger partial charge < -0.3 is 18.9 Å². The number of carbonyl (C=O) groups excluding carboxylic acids is 1. The van der Waals surface area contributed by atoms with Crippen LogP contribution in [-0.2, 0) is 20.9 Å². The molecule has 3 rings (SSSR count). The maximum Gasteiger partial charge on any atom is 0.245 e. The van der Waals surface area contributed by atoms with E-state index in [2.05, 4.69) is 26.5 Å². The molecule has 0 radical (unpaired) electrons. The molecule has 0 spiro atoms. The van der Waals surface area contributed by atoms with Gasteiger partial charge in [-0.15, -0.1) is 0 Å². The van der Waals surface area contributed by atoms with Gasteiger partial charge in [-0.2, -0.15) is 5.10 Å². The summed E-state index contributed by atoms with van der Waals surface area (Å²) < 4.78 is 22.9. The van der Waals surface area contributed by atoms with E-state index in [1.54, 1.807) is 38.3 Å². The highest BCUT2D eigenvalue weighted by Crippen LogP contribution is 2.37. The molecule has 2 aromatic carbocycles. The van der Waals surface area contributed by atoms with Crippen molar-refractivity contribution in [3.63, 3.8) is 0 Å². The van der Waals surface area contributed by atoms with E-state index in [0.29, 0.717) is 44.8 Å². The number of rotatable bonds is 8. The Hall–Kier alpha value is -1.84. The van der Waals surface area contributed by atoms with Gasteiger partial charge >= 0.3 is 0 Å². The molecule has 10 heteroatoms. The van der Waals surface area contributed by atoms with Crippen LogP contribution < -0.4 is 14.9 Å². The number of methoxy groups -OCH3 is 1. The molecule has 0 unspecified atom stereocenters. The molecule has 1 aliphatic heterocycles. The highest BCUT2D eigenvalue weighted by molar-refractivity contribution is 9.10. The molecule has 1 N–H and O–H groups in total. The zero-order valence-corrected chi connectivity index (χ0v) is 20.0. The van der Waals surface area contributed by atoms with Crippen LogP contribution >= 0.6 is 39.1 Å². The summed E-state index contributed by atoms with van der Waals surface area (Å²) in [6.45, 7) is 2.95. The first kappa shape index (κ1) is 23.8. The number of ether oxygens (including phenoxy) is 4. The molecule has 31 heavy (non-hydrogen) atoms. The van der Waals surface area contributed by atoms with Gasteiger partial charge in [-0.3, -0.25) is 4.79 Å². The number of nitrogens with zero attached hydrogens (tertiary/aromatic N) is 1. The quantitative estimate of drug-likeness (QED) is 0.385.